The van der Waals surface area contributed by atoms with E-state index in [1.54, 1.807) is 0 Å². The first-order valence-corrected chi connectivity index (χ1v) is 2.21. The molecule has 0 bridgehead atoms. The zero-order valence-corrected chi connectivity index (χ0v) is 7.50. The Labute approximate surface area is 53.1 Å². The van der Waals surface area contributed by atoms with Gasteiger partial charge in [0.1, 0.15) is 0 Å². The summed E-state index contributed by atoms with van der Waals surface area (Å²) in [6, 6.07) is 0. The molecule has 0 saturated heterocycles. The van der Waals surface area contributed by atoms with E-state index in [4.69, 9.17) is 0 Å². The van der Waals surface area contributed by atoms with Crippen molar-refractivity contribution in [3.05, 3.63) is 6.92 Å². The summed E-state index contributed by atoms with van der Waals surface area (Å²) in [7, 11) is 0. The van der Waals surface area contributed by atoms with Gasteiger partial charge in [-0.1, -0.05) is 33.1 Å². The Morgan fingerprint density at radius 3 is 2.00 bits per heavy atom. The molecule has 0 amide bonds. The quantitative estimate of drug-likeness (QED) is 0.510. The van der Waals surface area contributed by atoms with Crippen LogP contribution in [0.3, 0.4) is 0 Å². The summed E-state index contributed by atoms with van der Waals surface area (Å²) in [6.45, 7) is 5.85. The summed E-state index contributed by atoms with van der Waals surface area (Å²) >= 11 is 0. The largest absolute Gasteiger partial charge is 0.0654 e. The third kappa shape index (κ3) is 8.82. The van der Waals surface area contributed by atoms with Gasteiger partial charge in [0, 0.05) is 19.5 Å². The van der Waals surface area contributed by atoms with Gasteiger partial charge < -0.3 is 0 Å². The molecule has 33 valence electrons. The van der Waals surface area contributed by atoms with Crippen LogP contribution in [0.5, 0.6) is 0 Å². The molecular weight excluding hydrogens is 125 g/mol. The minimum Gasteiger partial charge on any atom is -0.0654 e. The summed E-state index contributed by atoms with van der Waals surface area (Å²) in [5, 5.41) is 0. The molecule has 0 aromatic heterocycles. The molecule has 0 aromatic carbocycles. The summed E-state index contributed by atoms with van der Waals surface area (Å²) in [4.78, 5) is 0. The van der Waals surface area contributed by atoms with Crippen LogP contribution in [-0.2, 0) is 19.5 Å². The van der Waals surface area contributed by atoms with E-state index in [2.05, 4.69) is 13.8 Å². The average Bonchev–Trinajstić information content (AvgIpc) is 1.41. The molecule has 1 heteroatoms. The molecule has 0 aliphatic rings. The molecule has 0 rings (SSSR count). The van der Waals surface area contributed by atoms with Gasteiger partial charge >= 0.3 is 0 Å². The molecule has 0 nitrogen and oxygen atoms in total. The number of rotatable bonds is 2. The van der Waals surface area contributed by atoms with Gasteiger partial charge in [0.05, 0.1) is 0 Å². The molecule has 0 fully saturated rings. The Hall–Kier alpha value is 0.623. The van der Waals surface area contributed by atoms with Crippen molar-refractivity contribution in [2.24, 2.45) is 0 Å². The van der Waals surface area contributed by atoms with E-state index < -0.39 is 0 Å². The zero-order chi connectivity index (χ0) is 4.12. The van der Waals surface area contributed by atoms with Crippen molar-refractivity contribution >= 4 is 0 Å². The van der Waals surface area contributed by atoms with Crippen LogP contribution < -0.4 is 0 Å². The maximum absolute atomic E-state index is 3.68. The Bertz CT molecular complexity index is 11.4. The van der Waals surface area contributed by atoms with Gasteiger partial charge in [-0.15, -0.1) is 0 Å². The summed E-state index contributed by atoms with van der Waals surface area (Å²) < 4.78 is 0. The van der Waals surface area contributed by atoms with Crippen LogP contribution in [0.25, 0.3) is 0 Å². The van der Waals surface area contributed by atoms with E-state index in [1.165, 1.54) is 12.8 Å². The third-order valence-electron chi connectivity index (χ3n) is 0.604. The first kappa shape index (κ1) is 9.80. The van der Waals surface area contributed by atoms with Crippen LogP contribution in [0.1, 0.15) is 26.2 Å². The van der Waals surface area contributed by atoms with Gasteiger partial charge in [0.25, 0.3) is 0 Å². The van der Waals surface area contributed by atoms with Crippen LogP contribution in [0.4, 0.5) is 0 Å². The van der Waals surface area contributed by atoms with Gasteiger partial charge in [-0.25, -0.2) is 0 Å². The Morgan fingerprint density at radius 1 is 1.50 bits per heavy atom. The summed E-state index contributed by atoms with van der Waals surface area (Å²) in [5.74, 6) is 0. The average molecular weight is 137 g/mol. The molecular formula is C5H11Zn. The summed E-state index contributed by atoms with van der Waals surface area (Å²) in [5.41, 5.74) is 0. The van der Waals surface area contributed by atoms with Crippen LogP contribution in [0, 0.1) is 6.92 Å². The maximum Gasteiger partial charge on any atom is 0 e. The Balaban J connectivity index is 0. The molecule has 0 aromatic rings. The number of unbranched alkanes of at least 4 members (excludes halogenated alkanes) is 2. The topological polar surface area (TPSA) is 0 Å². The molecule has 0 unspecified atom stereocenters. The fraction of sp³-hybridized carbons (Fsp3) is 0.800. The molecule has 0 saturated carbocycles. The first-order chi connectivity index (χ1) is 2.41. The van der Waals surface area contributed by atoms with Crippen LogP contribution in [0.2, 0.25) is 0 Å². The fourth-order valence-corrected chi connectivity index (χ4v) is 0.250. The second-order valence-electron chi connectivity index (χ2n) is 1.21. The number of hydrogen-bond acceptors (Lipinski definition) is 0. The third-order valence-corrected chi connectivity index (χ3v) is 0.604. The number of hydrogen-bond donors (Lipinski definition) is 0. The first-order valence-electron chi connectivity index (χ1n) is 2.21. The molecule has 6 heavy (non-hydrogen) atoms. The van der Waals surface area contributed by atoms with Crippen LogP contribution >= 0.6 is 0 Å². The molecule has 0 aliphatic carbocycles. The second kappa shape index (κ2) is 9.16. The standard InChI is InChI=1S/C5H11.Zn/c1-3-5-4-2;/h1,3-5H2,2H3;. The van der Waals surface area contributed by atoms with Crippen molar-refractivity contribution in [2.75, 3.05) is 0 Å². The van der Waals surface area contributed by atoms with Crippen molar-refractivity contribution in [2.45, 2.75) is 26.2 Å². The Morgan fingerprint density at radius 2 is 2.00 bits per heavy atom. The van der Waals surface area contributed by atoms with Gasteiger partial charge in [-0.2, -0.15) is 0 Å². The molecule has 1 radical (unpaired) electrons. The van der Waals surface area contributed by atoms with Crippen molar-refractivity contribution in [3.63, 3.8) is 0 Å². The van der Waals surface area contributed by atoms with E-state index >= 15 is 0 Å². The van der Waals surface area contributed by atoms with E-state index in [1.807, 2.05) is 0 Å². The van der Waals surface area contributed by atoms with E-state index in [0.29, 0.717) is 0 Å². The van der Waals surface area contributed by atoms with Gasteiger partial charge in [0.2, 0.25) is 0 Å². The smallest absolute Gasteiger partial charge is 0 e. The molecule has 0 N–H and O–H groups in total. The minimum atomic E-state index is 0. The normalized spacial score (nSPS) is 7.00. The van der Waals surface area contributed by atoms with E-state index in [0.717, 1.165) is 6.42 Å². The van der Waals surface area contributed by atoms with Crippen LogP contribution in [0.15, 0.2) is 0 Å². The SMILES string of the molecule is [CH2]CCCC.[Zn]. The van der Waals surface area contributed by atoms with E-state index in [-0.39, 0.29) is 19.5 Å². The van der Waals surface area contributed by atoms with Gasteiger partial charge in [-0.3, -0.25) is 0 Å². The van der Waals surface area contributed by atoms with Crippen LogP contribution in [-0.4, -0.2) is 0 Å². The van der Waals surface area contributed by atoms with Crippen molar-refractivity contribution in [3.8, 4) is 0 Å². The van der Waals surface area contributed by atoms with E-state index in [9.17, 15) is 0 Å². The molecule has 0 spiro atoms. The predicted molar refractivity (Wildman–Crippen MR) is 24.9 cm³/mol. The second-order valence-corrected chi connectivity index (χ2v) is 1.21. The molecule has 0 heterocycles. The Kier molecular flexibility index (Phi) is 15.0. The van der Waals surface area contributed by atoms with Gasteiger partial charge in [-0.05, 0) is 0 Å². The van der Waals surface area contributed by atoms with Crippen molar-refractivity contribution in [1.29, 1.82) is 0 Å². The van der Waals surface area contributed by atoms with Crippen molar-refractivity contribution in [1.82, 2.24) is 0 Å². The monoisotopic (exact) mass is 135 g/mol. The van der Waals surface area contributed by atoms with Crippen molar-refractivity contribution < 1.29 is 19.5 Å². The summed E-state index contributed by atoms with van der Waals surface area (Å²) in [6.07, 6.45) is 3.65. The minimum absolute atomic E-state index is 0. The van der Waals surface area contributed by atoms with Gasteiger partial charge in [0.15, 0.2) is 0 Å². The zero-order valence-electron chi connectivity index (χ0n) is 4.54. The molecule has 0 aliphatic heterocycles. The molecule has 0 atom stereocenters. The maximum atomic E-state index is 3.68. The fourth-order valence-electron chi connectivity index (χ4n) is 0.250. The predicted octanol–water partition coefficient (Wildman–Crippen LogP) is 2.01.